The van der Waals surface area contributed by atoms with Crippen LogP contribution in [0.3, 0.4) is 0 Å². The number of nitriles is 1. The lowest BCUT2D eigenvalue weighted by Crippen LogP contribution is -2.35. The minimum absolute atomic E-state index is 0.0337. The number of rotatable bonds is 6. The summed E-state index contributed by atoms with van der Waals surface area (Å²) in [6.45, 7) is 4.84. The lowest BCUT2D eigenvalue weighted by Gasteiger charge is -2.28. The molecule has 0 saturated carbocycles. The molecule has 2 N–H and O–H groups in total. The second-order valence-corrected chi connectivity index (χ2v) is 9.37. The van der Waals surface area contributed by atoms with Gasteiger partial charge in [-0.2, -0.15) is 5.26 Å². The van der Waals surface area contributed by atoms with E-state index < -0.39 is 6.23 Å². The minimum Gasteiger partial charge on any atom is -0.378 e. The quantitative estimate of drug-likeness (QED) is 0.398. The van der Waals surface area contributed by atoms with Gasteiger partial charge in [0.2, 0.25) is 5.95 Å². The highest BCUT2D eigenvalue weighted by atomic mass is 16.3. The molecule has 0 aliphatic carbocycles. The third-order valence-electron chi connectivity index (χ3n) is 6.76. The Hall–Kier alpha value is -4.06. The normalized spacial score (nSPS) is 17.0. The average Bonchev–Trinajstić information content (AvgIpc) is 3.32. The van der Waals surface area contributed by atoms with E-state index in [1.54, 1.807) is 12.4 Å². The fourth-order valence-electron chi connectivity index (χ4n) is 4.53. The predicted octanol–water partition coefficient (Wildman–Crippen LogP) is 4.27. The number of hydrogen-bond acceptors (Lipinski definition) is 7. The van der Waals surface area contributed by atoms with E-state index in [9.17, 15) is 10.4 Å². The van der Waals surface area contributed by atoms with Crippen LogP contribution in [0, 0.1) is 18.3 Å². The Bertz CT molecular complexity index is 1470. The van der Waals surface area contributed by atoms with Crippen molar-refractivity contribution < 1.29 is 5.11 Å². The molecule has 8 nitrogen and oxygen atoms in total. The second-order valence-electron chi connectivity index (χ2n) is 9.37. The van der Waals surface area contributed by atoms with E-state index in [2.05, 4.69) is 58.6 Å². The summed E-state index contributed by atoms with van der Waals surface area (Å²) < 4.78 is 1.95. The highest BCUT2D eigenvalue weighted by Gasteiger charge is 2.18. The van der Waals surface area contributed by atoms with E-state index in [0.717, 1.165) is 35.4 Å². The molecule has 182 valence electrons. The number of nitrogens with zero attached hydrogens (tertiary/aromatic N) is 6. The van der Waals surface area contributed by atoms with Crippen LogP contribution in [-0.4, -0.2) is 49.2 Å². The number of pyridine rings is 1. The molecular weight excluding hydrogens is 450 g/mol. The van der Waals surface area contributed by atoms with E-state index in [-0.39, 0.29) is 6.04 Å². The fraction of sp³-hybridized carbons (Fsp3) is 0.286. The number of aryl methyl sites for hydroxylation is 1. The number of imidazole rings is 1. The molecule has 1 unspecified atom stereocenters. The van der Waals surface area contributed by atoms with Crippen LogP contribution >= 0.6 is 0 Å². The first-order valence-electron chi connectivity index (χ1n) is 12.0. The van der Waals surface area contributed by atoms with Crippen LogP contribution in [0.15, 0.2) is 66.6 Å². The Morgan fingerprint density at radius 3 is 2.75 bits per heavy atom. The van der Waals surface area contributed by atoms with Gasteiger partial charge < -0.3 is 10.4 Å². The van der Waals surface area contributed by atoms with Gasteiger partial charge in [0.1, 0.15) is 23.6 Å². The van der Waals surface area contributed by atoms with Gasteiger partial charge >= 0.3 is 0 Å². The second kappa shape index (κ2) is 9.90. The van der Waals surface area contributed by atoms with Crippen LogP contribution < -0.4 is 5.32 Å². The molecule has 0 spiro atoms. The molecule has 3 aromatic heterocycles. The van der Waals surface area contributed by atoms with Gasteiger partial charge in [-0.05, 0) is 50.1 Å². The molecule has 1 aliphatic heterocycles. The van der Waals surface area contributed by atoms with Gasteiger partial charge in [-0.3, -0.25) is 9.30 Å². The highest BCUT2D eigenvalue weighted by molar-refractivity contribution is 5.68. The number of aliphatic hydroxyl groups is 1. The minimum atomic E-state index is -0.407. The summed E-state index contributed by atoms with van der Waals surface area (Å²) in [5.74, 6) is 0.452. The van der Waals surface area contributed by atoms with Crippen molar-refractivity contribution in [2.75, 3.05) is 18.9 Å². The topological polar surface area (TPSA) is 102 Å². The van der Waals surface area contributed by atoms with Crippen LogP contribution in [0.1, 0.15) is 41.6 Å². The summed E-state index contributed by atoms with van der Waals surface area (Å²) in [4.78, 5) is 15.5. The SMILES string of the molecule is Cc1cccn2c(-c3nc(N[C@@H](C)c4ccc(CC5=CCN(C)C(O)C5)cc4)ncc3C#N)cnc12. The van der Waals surface area contributed by atoms with Crippen molar-refractivity contribution in [1.82, 2.24) is 24.3 Å². The molecule has 0 fully saturated rings. The third kappa shape index (κ3) is 4.71. The molecule has 2 atom stereocenters. The van der Waals surface area contributed by atoms with Crippen LogP contribution in [0.4, 0.5) is 5.95 Å². The van der Waals surface area contributed by atoms with E-state index in [4.69, 9.17) is 4.98 Å². The number of fused-ring (bicyclic) bond motifs is 1. The summed E-state index contributed by atoms with van der Waals surface area (Å²) in [7, 11) is 1.93. The van der Waals surface area contributed by atoms with Gasteiger partial charge in [0.15, 0.2) is 0 Å². The lowest BCUT2D eigenvalue weighted by molar-refractivity contribution is 0.0240. The molecule has 4 aromatic rings. The zero-order valence-electron chi connectivity index (χ0n) is 20.7. The van der Waals surface area contributed by atoms with Crippen molar-refractivity contribution in [3.63, 3.8) is 0 Å². The van der Waals surface area contributed by atoms with Gasteiger partial charge in [-0.1, -0.05) is 42.0 Å². The molecule has 1 aliphatic rings. The van der Waals surface area contributed by atoms with Gasteiger partial charge in [0.05, 0.1) is 29.7 Å². The van der Waals surface area contributed by atoms with E-state index in [1.807, 2.05) is 41.6 Å². The third-order valence-corrected chi connectivity index (χ3v) is 6.76. The van der Waals surface area contributed by atoms with E-state index >= 15 is 0 Å². The Morgan fingerprint density at radius 1 is 1.19 bits per heavy atom. The molecule has 4 heterocycles. The van der Waals surface area contributed by atoms with Crippen molar-refractivity contribution in [2.45, 2.75) is 39.0 Å². The first-order chi connectivity index (χ1) is 17.4. The predicted molar refractivity (Wildman–Crippen MR) is 139 cm³/mol. The maximum absolute atomic E-state index is 10.1. The molecule has 36 heavy (non-hydrogen) atoms. The maximum Gasteiger partial charge on any atom is 0.223 e. The number of aliphatic hydroxyl groups excluding tert-OH is 1. The van der Waals surface area contributed by atoms with Gasteiger partial charge in [-0.25, -0.2) is 15.0 Å². The molecule has 5 rings (SSSR count). The van der Waals surface area contributed by atoms with E-state index in [0.29, 0.717) is 23.6 Å². The largest absolute Gasteiger partial charge is 0.378 e. The lowest BCUT2D eigenvalue weighted by atomic mass is 9.97. The van der Waals surface area contributed by atoms with Crippen LogP contribution in [0.5, 0.6) is 0 Å². The fourth-order valence-corrected chi connectivity index (χ4v) is 4.53. The van der Waals surface area contributed by atoms with Gasteiger partial charge in [0.25, 0.3) is 0 Å². The van der Waals surface area contributed by atoms with E-state index in [1.165, 1.54) is 11.1 Å². The Morgan fingerprint density at radius 2 is 2.00 bits per heavy atom. The van der Waals surface area contributed by atoms with Crippen LogP contribution in [0.2, 0.25) is 0 Å². The number of hydrogen-bond donors (Lipinski definition) is 2. The molecule has 0 saturated heterocycles. The standard InChI is InChI=1S/C28H29N7O/c1-18-5-4-11-35-24(17-30-27(18)35)26-23(15-29)16-31-28(33-26)32-19(2)22-8-6-20(7-9-22)13-21-10-12-34(3)25(36)14-21/h4-11,16-17,19,25,36H,12-14H2,1-3H3,(H,31,32,33)/t19-,25?/m0/s1. The summed E-state index contributed by atoms with van der Waals surface area (Å²) in [6.07, 6.45) is 8.54. The zero-order chi connectivity index (χ0) is 25.2. The Kier molecular flexibility index (Phi) is 6.51. The summed E-state index contributed by atoms with van der Waals surface area (Å²) in [5.41, 5.74) is 7.17. The van der Waals surface area contributed by atoms with Crippen molar-refractivity contribution in [1.29, 1.82) is 5.26 Å². The van der Waals surface area contributed by atoms with Crippen molar-refractivity contribution in [2.24, 2.45) is 0 Å². The maximum atomic E-state index is 10.1. The number of likely N-dealkylation sites (N-methyl/N-ethyl adjacent to an activating group) is 1. The van der Waals surface area contributed by atoms with Crippen LogP contribution in [-0.2, 0) is 6.42 Å². The monoisotopic (exact) mass is 479 g/mol. The smallest absolute Gasteiger partial charge is 0.223 e. The first-order valence-corrected chi connectivity index (χ1v) is 12.0. The zero-order valence-corrected chi connectivity index (χ0v) is 20.7. The highest BCUT2D eigenvalue weighted by Crippen LogP contribution is 2.26. The molecule has 0 amide bonds. The molecule has 0 radical (unpaired) electrons. The summed E-state index contributed by atoms with van der Waals surface area (Å²) in [5, 5.41) is 23.1. The van der Waals surface area contributed by atoms with Crippen LogP contribution in [0.25, 0.3) is 17.0 Å². The average molecular weight is 480 g/mol. The summed E-state index contributed by atoms with van der Waals surface area (Å²) in [6, 6.07) is 14.6. The Balaban J connectivity index is 1.34. The van der Waals surface area contributed by atoms with Crippen molar-refractivity contribution in [3.05, 3.63) is 88.9 Å². The van der Waals surface area contributed by atoms with Gasteiger partial charge in [0, 0.05) is 19.2 Å². The summed E-state index contributed by atoms with van der Waals surface area (Å²) >= 11 is 0. The molecular formula is C28H29N7O. The molecule has 8 heteroatoms. The number of aromatic nitrogens is 4. The number of nitrogens with one attached hydrogen (secondary N) is 1. The first kappa shape index (κ1) is 23.7. The van der Waals surface area contributed by atoms with Crippen molar-refractivity contribution >= 4 is 11.6 Å². The molecule has 0 bridgehead atoms. The number of benzene rings is 1. The molecule has 1 aromatic carbocycles. The number of anilines is 1. The van der Waals surface area contributed by atoms with Gasteiger partial charge in [-0.15, -0.1) is 0 Å². The Labute approximate surface area is 210 Å². The van der Waals surface area contributed by atoms with Crippen molar-refractivity contribution in [3.8, 4) is 17.5 Å².